The van der Waals surface area contributed by atoms with Gasteiger partial charge in [-0.05, 0) is 32.2 Å². The molecule has 2 unspecified atom stereocenters. The van der Waals surface area contributed by atoms with Gasteiger partial charge in [-0.15, -0.1) is 0 Å². The summed E-state index contributed by atoms with van der Waals surface area (Å²) < 4.78 is 23.1. The Balaban J connectivity index is 1.98. The highest BCUT2D eigenvalue weighted by atomic mass is 32.2. The van der Waals surface area contributed by atoms with Gasteiger partial charge in [0.15, 0.2) is 9.84 Å². The summed E-state index contributed by atoms with van der Waals surface area (Å²) in [6.07, 6.45) is 7.24. The molecule has 0 aromatic heterocycles. The maximum atomic E-state index is 11.6. The van der Waals surface area contributed by atoms with E-state index in [-0.39, 0.29) is 6.04 Å². The van der Waals surface area contributed by atoms with Gasteiger partial charge >= 0.3 is 0 Å². The Bertz CT molecular complexity index is 363. The third-order valence-corrected chi connectivity index (χ3v) is 6.49. The Morgan fingerprint density at radius 3 is 2.39 bits per heavy atom. The van der Waals surface area contributed by atoms with E-state index in [0.29, 0.717) is 30.0 Å². The largest absolute Gasteiger partial charge is 0.329 e. The quantitative estimate of drug-likeness (QED) is 0.831. The van der Waals surface area contributed by atoms with Gasteiger partial charge in [0, 0.05) is 18.6 Å². The van der Waals surface area contributed by atoms with Crippen LogP contribution in [0.1, 0.15) is 38.5 Å². The fourth-order valence-corrected chi connectivity index (χ4v) is 5.36. The zero-order chi connectivity index (χ0) is 13.2. The van der Waals surface area contributed by atoms with Crippen molar-refractivity contribution in [3.63, 3.8) is 0 Å². The van der Waals surface area contributed by atoms with E-state index in [9.17, 15) is 8.42 Å². The Labute approximate surface area is 111 Å². The van der Waals surface area contributed by atoms with E-state index in [1.54, 1.807) is 0 Å². The minimum Gasteiger partial charge on any atom is -0.329 e. The summed E-state index contributed by atoms with van der Waals surface area (Å²) in [6.45, 7) is 0.651. The van der Waals surface area contributed by atoms with Crippen molar-refractivity contribution in [3.05, 3.63) is 0 Å². The number of hydrogen-bond donors (Lipinski definition) is 1. The third kappa shape index (κ3) is 3.25. The van der Waals surface area contributed by atoms with Gasteiger partial charge in [0.1, 0.15) is 0 Å². The van der Waals surface area contributed by atoms with Gasteiger partial charge in [-0.2, -0.15) is 0 Å². The molecule has 0 aromatic rings. The van der Waals surface area contributed by atoms with Crippen LogP contribution in [0.2, 0.25) is 0 Å². The molecule has 5 heteroatoms. The molecule has 4 nitrogen and oxygen atoms in total. The number of nitrogens with two attached hydrogens (primary N) is 1. The predicted octanol–water partition coefficient (Wildman–Crippen LogP) is 1.01. The first-order chi connectivity index (χ1) is 8.53. The molecule has 1 aliphatic carbocycles. The van der Waals surface area contributed by atoms with Crippen molar-refractivity contribution >= 4 is 9.84 Å². The van der Waals surface area contributed by atoms with Crippen LogP contribution < -0.4 is 5.73 Å². The smallest absolute Gasteiger partial charge is 0.151 e. The fourth-order valence-electron chi connectivity index (χ4n) is 3.58. The monoisotopic (exact) mass is 274 g/mol. The molecule has 18 heavy (non-hydrogen) atoms. The molecule has 2 aliphatic rings. The van der Waals surface area contributed by atoms with Crippen LogP contribution in [0.4, 0.5) is 0 Å². The minimum absolute atomic E-state index is 0.186. The van der Waals surface area contributed by atoms with Crippen molar-refractivity contribution in [1.29, 1.82) is 0 Å². The topological polar surface area (TPSA) is 63.4 Å². The second-order valence-corrected chi connectivity index (χ2v) is 8.15. The zero-order valence-corrected chi connectivity index (χ0v) is 12.2. The molecule has 2 atom stereocenters. The lowest BCUT2D eigenvalue weighted by atomic mass is 9.83. The van der Waals surface area contributed by atoms with E-state index in [1.165, 1.54) is 32.1 Å². The van der Waals surface area contributed by atoms with E-state index in [0.717, 1.165) is 6.42 Å². The number of rotatable bonds is 4. The van der Waals surface area contributed by atoms with Crippen LogP contribution in [0.3, 0.4) is 0 Å². The Morgan fingerprint density at radius 2 is 1.89 bits per heavy atom. The number of likely N-dealkylation sites (N-methyl/N-ethyl adjacent to an activating group) is 1. The van der Waals surface area contributed by atoms with Gasteiger partial charge in [-0.25, -0.2) is 8.42 Å². The first kappa shape index (κ1) is 14.3. The lowest BCUT2D eigenvalue weighted by molar-refractivity contribution is 0.116. The van der Waals surface area contributed by atoms with Crippen molar-refractivity contribution in [2.24, 2.45) is 11.7 Å². The van der Waals surface area contributed by atoms with Crippen molar-refractivity contribution in [3.8, 4) is 0 Å². The van der Waals surface area contributed by atoms with E-state index in [2.05, 4.69) is 11.9 Å². The lowest BCUT2D eigenvalue weighted by Gasteiger charge is -2.38. The van der Waals surface area contributed by atoms with Gasteiger partial charge in [-0.1, -0.05) is 19.3 Å². The molecule has 2 N–H and O–H groups in total. The molecule has 0 radical (unpaired) electrons. The van der Waals surface area contributed by atoms with Crippen LogP contribution >= 0.6 is 0 Å². The number of nitrogens with zero attached hydrogens (tertiary/aromatic N) is 1. The molecule has 1 saturated heterocycles. The predicted molar refractivity (Wildman–Crippen MR) is 74.2 cm³/mol. The molecule has 1 heterocycles. The number of sulfone groups is 1. The van der Waals surface area contributed by atoms with Crippen LogP contribution in [0, 0.1) is 5.92 Å². The maximum Gasteiger partial charge on any atom is 0.151 e. The highest BCUT2D eigenvalue weighted by Crippen LogP contribution is 2.30. The van der Waals surface area contributed by atoms with E-state index >= 15 is 0 Å². The summed E-state index contributed by atoms with van der Waals surface area (Å²) >= 11 is 0. The van der Waals surface area contributed by atoms with Gasteiger partial charge < -0.3 is 5.73 Å². The van der Waals surface area contributed by atoms with E-state index in [4.69, 9.17) is 5.73 Å². The second kappa shape index (κ2) is 5.88. The van der Waals surface area contributed by atoms with Crippen LogP contribution in [-0.4, -0.2) is 50.5 Å². The normalized spacial score (nSPS) is 30.7. The molecule has 2 fully saturated rings. The SMILES string of the molecule is CN(C1CCS(=O)(=O)C1)C(CN)C1CCCCC1. The summed E-state index contributed by atoms with van der Waals surface area (Å²) in [7, 11) is -0.728. The van der Waals surface area contributed by atoms with E-state index < -0.39 is 9.84 Å². The highest BCUT2D eigenvalue weighted by molar-refractivity contribution is 7.91. The van der Waals surface area contributed by atoms with Crippen LogP contribution in [0.5, 0.6) is 0 Å². The number of hydrogen-bond acceptors (Lipinski definition) is 4. The maximum absolute atomic E-state index is 11.6. The van der Waals surface area contributed by atoms with Crippen LogP contribution in [0.15, 0.2) is 0 Å². The molecule has 0 bridgehead atoms. The molecule has 2 rings (SSSR count). The van der Waals surface area contributed by atoms with Crippen LogP contribution in [0.25, 0.3) is 0 Å². The van der Waals surface area contributed by atoms with Crippen molar-refractivity contribution in [2.45, 2.75) is 50.6 Å². The van der Waals surface area contributed by atoms with Gasteiger partial charge in [0.25, 0.3) is 0 Å². The zero-order valence-electron chi connectivity index (χ0n) is 11.3. The fraction of sp³-hybridized carbons (Fsp3) is 1.00. The third-order valence-electron chi connectivity index (χ3n) is 4.74. The molecular formula is C13H26N2O2S. The van der Waals surface area contributed by atoms with Crippen molar-refractivity contribution in [2.75, 3.05) is 25.1 Å². The van der Waals surface area contributed by atoms with E-state index in [1.807, 2.05) is 0 Å². The van der Waals surface area contributed by atoms with Gasteiger partial charge in [0.2, 0.25) is 0 Å². The highest BCUT2D eigenvalue weighted by Gasteiger charge is 2.35. The Hall–Kier alpha value is -0.130. The molecule has 1 saturated carbocycles. The summed E-state index contributed by atoms with van der Waals surface area (Å²) in [6, 6.07) is 0.550. The molecular weight excluding hydrogens is 248 g/mol. The minimum atomic E-state index is -2.80. The first-order valence-electron chi connectivity index (χ1n) is 7.16. The molecule has 1 aliphatic heterocycles. The molecule has 0 spiro atoms. The van der Waals surface area contributed by atoms with Gasteiger partial charge in [0.05, 0.1) is 11.5 Å². The second-order valence-electron chi connectivity index (χ2n) is 5.92. The standard InChI is InChI=1S/C13H26N2O2S/c1-15(12-7-8-18(16,17)10-12)13(9-14)11-5-3-2-4-6-11/h11-13H,2-10,14H2,1H3. The molecule has 106 valence electrons. The average molecular weight is 274 g/mol. The summed E-state index contributed by atoms with van der Waals surface area (Å²) in [4.78, 5) is 2.26. The Kier molecular flexibility index (Phi) is 4.67. The van der Waals surface area contributed by atoms with Crippen LogP contribution in [-0.2, 0) is 9.84 Å². The van der Waals surface area contributed by atoms with Crippen molar-refractivity contribution in [1.82, 2.24) is 4.90 Å². The Morgan fingerprint density at radius 1 is 1.22 bits per heavy atom. The summed E-state index contributed by atoms with van der Waals surface area (Å²) in [5.74, 6) is 1.34. The molecule has 0 amide bonds. The van der Waals surface area contributed by atoms with Gasteiger partial charge in [-0.3, -0.25) is 4.90 Å². The van der Waals surface area contributed by atoms with Crippen molar-refractivity contribution < 1.29 is 8.42 Å². The average Bonchev–Trinajstić information content (AvgIpc) is 2.72. The lowest BCUT2D eigenvalue weighted by Crippen LogP contribution is -2.49. The summed E-state index contributed by atoms with van der Waals surface area (Å²) in [5, 5.41) is 0. The first-order valence-corrected chi connectivity index (χ1v) is 8.98. The summed E-state index contributed by atoms with van der Waals surface area (Å²) in [5.41, 5.74) is 5.95. The molecule has 0 aromatic carbocycles.